The van der Waals surface area contributed by atoms with Crippen LogP contribution in [0.4, 0.5) is 4.79 Å². The fraction of sp³-hybridized carbons (Fsp3) is 0.348. The molecule has 33 heavy (non-hydrogen) atoms. The van der Waals surface area contributed by atoms with E-state index in [9.17, 15) is 9.59 Å². The van der Waals surface area contributed by atoms with Gasteiger partial charge >= 0.3 is 6.09 Å². The first-order chi connectivity index (χ1) is 16.0. The van der Waals surface area contributed by atoms with E-state index in [1.54, 1.807) is 19.3 Å². The first-order valence-corrected chi connectivity index (χ1v) is 11.1. The van der Waals surface area contributed by atoms with Crippen LogP contribution in [0, 0.1) is 12.3 Å². The van der Waals surface area contributed by atoms with Gasteiger partial charge in [-0.2, -0.15) is 0 Å². The fourth-order valence-corrected chi connectivity index (χ4v) is 4.12. The van der Waals surface area contributed by atoms with Gasteiger partial charge in [0.25, 0.3) is 0 Å². The summed E-state index contributed by atoms with van der Waals surface area (Å²) in [5, 5.41) is 0.953. The molecular weight excluding hydrogens is 492 g/mol. The van der Waals surface area contributed by atoms with E-state index in [0.29, 0.717) is 11.0 Å². The largest absolute Gasteiger partial charge is 0.444 e. The number of hydroxylamine groups is 1. The summed E-state index contributed by atoms with van der Waals surface area (Å²) >= 11 is 3.27. The van der Waals surface area contributed by atoms with E-state index < -0.39 is 18.4 Å². The number of amides is 2. The van der Waals surface area contributed by atoms with Crippen LogP contribution in [-0.2, 0) is 25.7 Å². The average molecular weight is 515 g/mol. The van der Waals surface area contributed by atoms with Crippen molar-refractivity contribution in [2.45, 2.75) is 31.4 Å². The van der Waals surface area contributed by atoms with Crippen molar-refractivity contribution in [1.82, 2.24) is 20.3 Å². The van der Waals surface area contributed by atoms with Crippen molar-refractivity contribution in [3.8, 4) is 12.3 Å². The fourth-order valence-electron chi connectivity index (χ4n) is 3.80. The van der Waals surface area contributed by atoms with E-state index in [4.69, 9.17) is 20.7 Å². The molecule has 1 N–H and O–H groups in total. The van der Waals surface area contributed by atoms with Crippen molar-refractivity contribution in [3.63, 3.8) is 0 Å². The molecule has 172 valence electrons. The molecule has 0 saturated carbocycles. The molecule has 0 unspecified atom stereocenters. The highest BCUT2D eigenvalue weighted by Crippen LogP contribution is 2.25. The number of aromatic nitrogens is 1. The van der Waals surface area contributed by atoms with Crippen LogP contribution >= 0.6 is 15.9 Å². The molecule has 1 fully saturated rings. The number of benzene rings is 1. The molecule has 0 bridgehead atoms. The Bertz CT molecular complexity index is 1120. The molecule has 10 heteroatoms. The van der Waals surface area contributed by atoms with E-state index >= 15 is 0 Å². The minimum Gasteiger partial charge on any atom is -0.444 e. The standard InChI is InChI=1S/C23H23BrN4O5/c1-3-8-31-17-10-19(22(29)27(2)21-11-20(24)26-33-21)28(13-17)23(30)32-14-15-9-16-6-4-5-7-18(16)25-12-15/h1,4-7,9,11-12,17,19,21,26H,8,10,13-14H2,2H3/t17-,19+,21+/m1/s1. The zero-order valence-electron chi connectivity index (χ0n) is 17.9. The Balaban J connectivity index is 1.45. The monoisotopic (exact) mass is 514 g/mol. The average Bonchev–Trinajstić information content (AvgIpc) is 3.46. The van der Waals surface area contributed by atoms with Crippen molar-refractivity contribution in [2.24, 2.45) is 0 Å². The third kappa shape index (κ3) is 5.27. The lowest BCUT2D eigenvalue weighted by molar-refractivity contribution is -0.145. The van der Waals surface area contributed by atoms with Crippen molar-refractivity contribution in [1.29, 1.82) is 0 Å². The lowest BCUT2D eigenvalue weighted by Crippen LogP contribution is -2.49. The summed E-state index contributed by atoms with van der Waals surface area (Å²) in [6.45, 7) is 0.327. The van der Waals surface area contributed by atoms with Crippen LogP contribution in [-0.4, -0.2) is 65.4 Å². The Morgan fingerprint density at radius 3 is 3.00 bits per heavy atom. The molecule has 1 saturated heterocycles. The van der Waals surface area contributed by atoms with Gasteiger partial charge in [-0.15, -0.1) is 6.42 Å². The molecule has 3 atom stereocenters. The zero-order valence-corrected chi connectivity index (χ0v) is 19.5. The van der Waals surface area contributed by atoms with Gasteiger partial charge in [0.05, 0.1) is 18.2 Å². The highest BCUT2D eigenvalue weighted by molar-refractivity contribution is 9.11. The van der Waals surface area contributed by atoms with Gasteiger partial charge in [-0.25, -0.2) is 9.63 Å². The third-order valence-corrected chi connectivity index (χ3v) is 5.92. The topological polar surface area (TPSA) is 93.2 Å². The summed E-state index contributed by atoms with van der Waals surface area (Å²) < 4.78 is 11.8. The van der Waals surface area contributed by atoms with E-state index in [0.717, 1.165) is 16.5 Å². The number of hydrogen-bond donors (Lipinski definition) is 1. The number of carbonyl (C=O) groups excluding carboxylic acids is 2. The maximum absolute atomic E-state index is 13.2. The molecule has 1 aromatic carbocycles. The number of halogens is 1. The maximum atomic E-state index is 13.2. The van der Waals surface area contributed by atoms with Gasteiger partial charge in [0.1, 0.15) is 23.9 Å². The van der Waals surface area contributed by atoms with Crippen molar-refractivity contribution in [3.05, 3.63) is 52.8 Å². The van der Waals surface area contributed by atoms with Gasteiger partial charge in [-0.05, 0) is 34.1 Å². The van der Waals surface area contributed by atoms with Crippen molar-refractivity contribution < 1.29 is 23.9 Å². The van der Waals surface area contributed by atoms with E-state index in [2.05, 4.69) is 32.3 Å². The van der Waals surface area contributed by atoms with Crippen LogP contribution in [0.1, 0.15) is 12.0 Å². The molecule has 2 amide bonds. The van der Waals surface area contributed by atoms with Gasteiger partial charge in [-0.3, -0.25) is 20.2 Å². The second kappa shape index (κ2) is 10.2. The number of nitrogens with one attached hydrogen (secondary N) is 1. The maximum Gasteiger partial charge on any atom is 0.410 e. The Hall–Kier alpha value is -3.13. The van der Waals surface area contributed by atoms with Gasteiger partial charge in [-0.1, -0.05) is 24.1 Å². The van der Waals surface area contributed by atoms with Crippen LogP contribution in [0.25, 0.3) is 10.9 Å². The Kier molecular flexibility index (Phi) is 7.13. The molecule has 9 nitrogen and oxygen atoms in total. The molecule has 1 aromatic heterocycles. The molecule has 2 aromatic rings. The highest BCUT2D eigenvalue weighted by atomic mass is 79.9. The van der Waals surface area contributed by atoms with E-state index in [-0.39, 0.29) is 31.8 Å². The number of nitrogens with zero attached hydrogens (tertiary/aromatic N) is 3. The summed E-state index contributed by atoms with van der Waals surface area (Å²) in [5.74, 6) is 2.12. The molecule has 0 spiro atoms. The minimum atomic E-state index is -0.767. The molecule has 4 rings (SSSR count). The number of likely N-dealkylation sites (N-methyl/N-ethyl adjacent to an activating group) is 1. The number of para-hydroxylation sites is 1. The number of carbonyl (C=O) groups is 2. The predicted octanol–water partition coefficient (Wildman–Crippen LogP) is 2.52. The molecule has 0 radical (unpaired) electrons. The normalized spacial score (nSPS) is 21.9. The Labute approximate surface area is 199 Å². The second-order valence-corrected chi connectivity index (χ2v) is 8.56. The predicted molar refractivity (Wildman–Crippen MR) is 123 cm³/mol. The SMILES string of the molecule is C#CCO[C@@H]1C[C@@H](C(=O)N(C)[C@@H]2C=C(Br)NO2)N(C(=O)OCc2cnc3ccccc3c2)C1. The van der Waals surface area contributed by atoms with Crippen LogP contribution in [0.15, 0.2) is 47.2 Å². The summed E-state index contributed by atoms with van der Waals surface area (Å²) in [5.41, 5.74) is 4.26. The molecular formula is C23H23BrN4O5. The molecule has 2 aliphatic heterocycles. The van der Waals surface area contributed by atoms with Gasteiger partial charge in [0, 0.05) is 30.6 Å². The van der Waals surface area contributed by atoms with Crippen LogP contribution in [0.3, 0.4) is 0 Å². The smallest absolute Gasteiger partial charge is 0.410 e. The van der Waals surface area contributed by atoms with E-state index in [1.165, 1.54) is 9.80 Å². The van der Waals surface area contributed by atoms with Crippen molar-refractivity contribution in [2.75, 3.05) is 20.2 Å². The quantitative estimate of drug-likeness (QED) is 0.467. The van der Waals surface area contributed by atoms with Crippen LogP contribution in [0.5, 0.6) is 0 Å². The third-order valence-electron chi connectivity index (χ3n) is 5.49. The van der Waals surface area contributed by atoms with Crippen LogP contribution < -0.4 is 5.48 Å². The zero-order chi connectivity index (χ0) is 23.4. The lowest BCUT2D eigenvalue weighted by Gasteiger charge is -2.29. The number of rotatable bonds is 6. The highest BCUT2D eigenvalue weighted by Gasteiger charge is 2.43. The summed E-state index contributed by atoms with van der Waals surface area (Å²) in [6, 6.07) is 8.84. The number of likely N-dealkylation sites (tertiary alicyclic amines) is 1. The number of fused-ring (bicyclic) bond motifs is 1. The van der Waals surface area contributed by atoms with Crippen LogP contribution in [0.2, 0.25) is 0 Å². The second-order valence-electron chi connectivity index (χ2n) is 7.71. The van der Waals surface area contributed by atoms with Gasteiger partial charge < -0.3 is 14.4 Å². The number of terminal acetylenes is 1. The first-order valence-electron chi connectivity index (χ1n) is 10.3. The van der Waals surface area contributed by atoms with E-state index in [1.807, 2.05) is 30.3 Å². The number of ether oxygens (including phenoxy) is 2. The molecule has 3 heterocycles. The Morgan fingerprint density at radius 1 is 1.42 bits per heavy atom. The van der Waals surface area contributed by atoms with Crippen molar-refractivity contribution >= 4 is 38.8 Å². The summed E-state index contributed by atoms with van der Waals surface area (Å²) in [7, 11) is 1.61. The van der Waals surface area contributed by atoms with Gasteiger partial charge in [0.15, 0.2) is 6.23 Å². The first kappa shape index (κ1) is 23.0. The number of hydrogen-bond acceptors (Lipinski definition) is 7. The number of pyridine rings is 1. The lowest BCUT2D eigenvalue weighted by atomic mass is 10.1. The molecule has 2 aliphatic rings. The summed E-state index contributed by atoms with van der Waals surface area (Å²) in [4.78, 5) is 38.7. The Morgan fingerprint density at radius 2 is 2.24 bits per heavy atom. The minimum absolute atomic E-state index is 0.0329. The van der Waals surface area contributed by atoms with Gasteiger partial charge in [0.2, 0.25) is 5.91 Å². The summed E-state index contributed by atoms with van der Waals surface area (Å²) in [6.07, 6.45) is 7.38. The molecule has 0 aliphatic carbocycles.